The number of benzene rings is 1. The molecule has 0 unspecified atom stereocenters. The summed E-state index contributed by atoms with van der Waals surface area (Å²) in [5.74, 6) is -1.16. The molecule has 156 valence electrons. The third-order valence-corrected chi connectivity index (χ3v) is 4.46. The van der Waals surface area contributed by atoms with Crippen molar-refractivity contribution in [1.29, 1.82) is 0 Å². The molecule has 11 nitrogen and oxygen atoms in total. The van der Waals surface area contributed by atoms with E-state index in [1.165, 1.54) is 7.05 Å². The Morgan fingerprint density at radius 3 is 2.65 bits per heavy atom. The topological polar surface area (TPSA) is 138 Å². The predicted octanol–water partition coefficient (Wildman–Crippen LogP) is 0.615. The molecule has 1 N–H and O–H groups in total. The SMILES string of the molecule is Cc1ccc(-n2nc(-c3noc(C(=O)NCc4cccnc4)n3)c(=O)n(C)c2=O)cc1. The maximum Gasteiger partial charge on any atom is 0.351 e. The monoisotopic (exact) mass is 419 g/mol. The Kier molecular flexibility index (Phi) is 5.22. The molecule has 0 fully saturated rings. The van der Waals surface area contributed by atoms with Crippen LogP contribution >= 0.6 is 0 Å². The van der Waals surface area contributed by atoms with Gasteiger partial charge in [0.2, 0.25) is 5.82 Å². The van der Waals surface area contributed by atoms with Gasteiger partial charge in [-0.2, -0.15) is 14.8 Å². The van der Waals surface area contributed by atoms with E-state index in [2.05, 4.69) is 25.5 Å². The quantitative estimate of drug-likeness (QED) is 0.497. The standard InChI is InChI=1S/C20H17N7O4/c1-12-5-7-14(8-6-12)27-20(30)26(2)19(29)15(24-27)16-23-18(31-25-16)17(28)22-11-13-4-3-9-21-10-13/h3-10H,11H2,1-2H3,(H,22,28). The number of hydrogen-bond donors (Lipinski definition) is 1. The molecule has 11 heteroatoms. The molecule has 1 aromatic carbocycles. The van der Waals surface area contributed by atoms with Crippen molar-refractivity contribution in [3.63, 3.8) is 0 Å². The van der Waals surface area contributed by atoms with Gasteiger partial charge in [-0.15, -0.1) is 0 Å². The Balaban J connectivity index is 1.65. The second-order valence-electron chi connectivity index (χ2n) is 6.71. The molecule has 3 heterocycles. The van der Waals surface area contributed by atoms with Crippen molar-refractivity contribution in [2.45, 2.75) is 13.5 Å². The van der Waals surface area contributed by atoms with Crippen LogP contribution in [0.2, 0.25) is 0 Å². The molecule has 0 atom stereocenters. The van der Waals surface area contributed by atoms with E-state index in [9.17, 15) is 14.4 Å². The van der Waals surface area contributed by atoms with Gasteiger partial charge in [-0.3, -0.25) is 19.1 Å². The number of aryl methyl sites for hydroxylation is 1. The number of rotatable bonds is 5. The van der Waals surface area contributed by atoms with Crippen LogP contribution < -0.4 is 16.6 Å². The van der Waals surface area contributed by atoms with Crippen molar-refractivity contribution >= 4 is 5.91 Å². The Morgan fingerprint density at radius 1 is 1.16 bits per heavy atom. The summed E-state index contributed by atoms with van der Waals surface area (Å²) in [4.78, 5) is 45.3. The minimum Gasteiger partial charge on any atom is -0.344 e. The number of nitrogens with zero attached hydrogens (tertiary/aromatic N) is 6. The van der Waals surface area contributed by atoms with Gasteiger partial charge in [0, 0.05) is 26.0 Å². The molecular weight excluding hydrogens is 402 g/mol. The first-order chi connectivity index (χ1) is 14.9. The van der Waals surface area contributed by atoms with Crippen LogP contribution in [0.25, 0.3) is 17.2 Å². The molecule has 0 aliphatic carbocycles. The summed E-state index contributed by atoms with van der Waals surface area (Å²) in [6.07, 6.45) is 3.24. The van der Waals surface area contributed by atoms with E-state index in [1.807, 2.05) is 19.1 Å². The number of pyridine rings is 1. The van der Waals surface area contributed by atoms with E-state index in [0.29, 0.717) is 5.69 Å². The zero-order valence-electron chi connectivity index (χ0n) is 16.6. The molecule has 0 aliphatic heterocycles. The minimum atomic E-state index is -0.712. The summed E-state index contributed by atoms with van der Waals surface area (Å²) in [5, 5.41) is 10.4. The van der Waals surface area contributed by atoms with E-state index in [4.69, 9.17) is 4.52 Å². The van der Waals surface area contributed by atoms with Crippen LogP contribution in [0.5, 0.6) is 0 Å². The zero-order chi connectivity index (χ0) is 22.0. The number of amides is 1. The number of hydrogen-bond acceptors (Lipinski definition) is 8. The highest BCUT2D eigenvalue weighted by molar-refractivity contribution is 5.89. The summed E-state index contributed by atoms with van der Waals surface area (Å²) in [6, 6.07) is 10.6. The van der Waals surface area contributed by atoms with Crippen molar-refractivity contribution in [3.8, 4) is 17.2 Å². The first-order valence-electron chi connectivity index (χ1n) is 9.22. The summed E-state index contributed by atoms with van der Waals surface area (Å²) in [6.45, 7) is 2.12. The average molecular weight is 419 g/mol. The highest BCUT2D eigenvalue weighted by Gasteiger charge is 2.21. The second kappa shape index (κ2) is 8.14. The van der Waals surface area contributed by atoms with Crippen molar-refractivity contribution in [1.82, 2.24) is 34.8 Å². The lowest BCUT2D eigenvalue weighted by Crippen LogP contribution is -2.40. The van der Waals surface area contributed by atoms with Crippen LogP contribution in [0.3, 0.4) is 0 Å². The Labute approximate surface area is 175 Å². The molecule has 1 amide bonds. The van der Waals surface area contributed by atoms with Gasteiger partial charge in [-0.25, -0.2) is 4.79 Å². The number of nitrogens with one attached hydrogen (secondary N) is 1. The molecule has 0 saturated heterocycles. The molecule has 4 rings (SSSR count). The maximum absolute atomic E-state index is 12.6. The molecule has 3 aromatic heterocycles. The normalized spacial score (nSPS) is 10.8. The highest BCUT2D eigenvalue weighted by atomic mass is 16.5. The molecule has 0 radical (unpaired) electrons. The zero-order valence-corrected chi connectivity index (χ0v) is 16.6. The lowest BCUT2D eigenvalue weighted by molar-refractivity contribution is 0.0907. The van der Waals surface area contributed by atoms with Crippen LogP contribution in [-0.4, -0.2) is 35.4 Å². The Morgan fingerprint density at radius 2 is 1.94 bits per heavy atom. The van der Waals surface area contributed by atoms with Gasteiger partial charge in [0.25, 0.3) is 5.56 Å². The fourth-order valence-corrected chi connectivity index (χ4v) is 2.74. The van der Waals surface area contributed by atoms with Crippen molar-refractivity contribution < 1.29 is 9.32 Å². The molecule has 0 spiro atoms. The summed E-state index contributed by atoms with van der Waals surface area (Å²) >= 11 is 0. The number of aromatic nitrogens is 6. The minimum absolute atomic E-state index is 0.201. The lowest BCUT2D eigenvalue weighted by atomic mass is 10.2. The molecule has 31 heavy (non-hydrogen) atoms. The Hall–Kier alpha value is -4.41. The van der Waals surface area contributed by atoms with Crippen LogP contribution in [0.4, 0.5) is 0 Å². The molecular formula is C20H17N7O4. The first-order valence-corrected chi connectivity index (χ1v) is 9.22. The number of carbonyl (C=O) groups excluding carboxylic acids is 1. The highest BCUT2D eigenvalue weighted by Crippen LogP contribution is 2.10. The molecule has 0 bridgehead atoms. The fourth-order valence-electron chi connectivity index (χ4n) is 2.74. The largest absolute Gasteiger partial charge is 0.351 e. The molecule has 0 aliphatic rings. The Bertz CT molecular complexity index is 1360. The summed E-state index contributed by atoms with van der Waals surface area (Å²) < 4.78 is 6.95. The average Bonchev–Trinajstić information content (AvgIpc) is 3.28. The van der Waals surface area contributed by atoms with Gasteiger partial charge in [0.1, 0.15) is 0 Å². The first kappa shape index (κ1) is 19.9. The van der Waals surface area contributed by atoms with E-state index in [1.54, 1.807) is 36.7 Å². The molecule has 4 aromatic rings. The van der Waals surface area contributed by atoms with Gasteiger partial charge in [0.05, 0.1) is 5.69 Å². The van der Waals surface area contributed by atoms with Gasteiger partial charge >= 0.3 is 17.5 Å². The third-order valence-electron chi connectivity index (χ3n) is 4.46. The van der Waals surface area contributed by atoms with Gasteiger partial charge < -0.3 is 9.84 Å². The second-order valence-corrected chi connectivity index (χ2v) is 6.71. The summed E-state index contributed by atoms with van der Waals surface area (Å²) in [5.41, 5.74) is 0.688. The molecule has 0 saturated carbocycles. The smallest absolute Gasteiger partial charge is 0.344 e. The van der Waals surface area contributed by atoms with Crippen molar-refractivity contribution in [3.05, 3.63) is 86.6 Å². The summed E-state index contributed by atoms with van der Waals surface area (Å²) in [7, 11) is 1.32. The van der Waals surface area contributed by atoms with Crippen LogP contribution in [-0.2, 0) is 13.6 Å². The van der Waals surface area contributed by atoms with Crippen LogP contribution in [0.1, 0.15) is 21.8 Å². The van der Waals surface area contributed by atoms with E-state index in [0.717, 1.165) is 20.4 Å². The number of carbonyl (C=O) groups is 1. The van der Waals surface area contributed by atoms with Crippen molar-refractivity contribution in [2.24, 2.45) is 7.05 Å². The van der Waals surface area contributed by atoms with E-state index < -0.39 is 17.2 Å². The third kappa shape index (κ3) is 4.01. The van der Waals surface area contributed by atoms with Crippen LogP contribution in [0.15, 0.2) is 62.9 Å². The maximum atomic E-state index is 12.6. The predicted molar refractivity (Wildman–Crippen MR) is 109 cm³/mol. The van der Waals surface area contributed by atoms with E-state index in [-0.39, 0.29) is 24.0 Å². The lowest BCUT2D eigenvalue weighted by Gasteiger charge is -2.08. The van der Waals surface area contributed by atoms with Crippen LogP contribution in [0, 0.1) is 6.92 Å². The van der Waals surface area contributed by atoms with Gasteiger partial charge in [0.15, 0.2) is 5.69 Å². The fraction of sp³-hybridized carbons (Fsp3) is 0.150. The van der Waals surface area contributed by atoms with Gasteiger partial charge in [-0.05, 0) is 30.7 Å². The van der Waals surface area contributed by atoms with Crippen molar-refractivity contribution in [2.75, 3.05) is 0 Å². The van der Waals surface area contributed by atoms with Gasteiger partial charge in [-0.1, -0.05) is 28.9 Å². The van der Waals surface area contributed by atoms with E-state index >= 15 is 0 Å².